The van der Waals surface area contributed by atoms with Gasteiger partial charge in [0.25, 0.3) is 0 Å². The van der Waals surface area contributed by atoms with Crippen molar-refractivity contribution in [3.8, 4) is 0 Å². The number of likely N-dealkylation sites (tertiary alicyclic amines) is 1. The van der Waals surface area contributed by atoms with Crippen molar-refractivity contribution in [2.75, 3.05) is 25.0 Å². The fourth-order valence-corrected chi connectivity index (χ4v) is 2.56. The van der Waals surface area contributed by atoms with Crippen molar-refractivity contribution < 1.29 is 0 Å². The van der Waals surface area contributed by atoms with Crippen LogP contribution < -0.4 is 5.32 Å². The molecule has 0 saturated carbocycles. The van der Waals surface area contributed by atoms with Gasteiger partial charge in [0, 0.05) is 18.8 Å². The van der Waals surface area contributed by atoms with Crippen LogP contribution in [0.3, 0.4) is 0 Å². The van der Waals surface area contributed by atoms with Gasteiger partial charge in [0.05, 0.1) is 4.47 Å². The van der Waals surface area contributed by atoms with E-state index in [1.165, 1.54) is 19.4 Å². The number of anilines is 1. The minimum atomic E-state index is 0.645. The van der Waals surface area contributed by atoms with E-state index in [1.807, 2.05) is 0 Å². The second-order valence-electron chi connectivity index (χ2n) is 4.02. The second kappa shape index (κ2) is 5.59. The van der Waals surface area contributed by atoms with E-state index in [-0.39, 0.29) is 0 Å². The average Bonchev–Trinajstić information content (AvgIpc) is 2.75. The number of aromatic nitrogens is 2. The molecule has 1 aliphatic heterocycles. The number of hydrogen-bond acceptors (Lipinski definition) is 4. The molecule has 0 aromatic carbocycles. The van der Waals surface area contributed by atoms with E-state index >= 15 is 0 Å². The Morgan fingerprint density at radius 2 is 2.50 bits per heavy atom. The molecule has 0 radical (unpaired) electrons. The van der Waals surface area contributed by atoms with Gasteiger partial charge in [0.15, 0.2) is 0 Å². The minimum absolute atomic E-state index is 0.645. The minimum Gasteiger partial charge on any atom is -0.367 e. The van der Waals surface area contributed by atoms with Gasteiger partial charge in [-0.3, -0.25) is 4.90 Å². The molecular weight excluding hydrogens is 268 g/mol. The number of hydrogen-bond donors (Lipinski definition) is 1. The van der Waals surface area contributed by atoms with Crippen molar-refractivity contribution in [1.29, 1.82) is 0 Å². The fourth-order valence-electron chi connectivity index (χ4n) is 2.20. The highest BCUT2D eigenvalue weighted by atomic mass is 79.9. The number of rotatable bonds is 4. The van der Waals surface area contributed by atoms with Crippen molar-refractivity contribution in [1.82, 2.24) is 14.9 Å². The largest absolute Gasteiger partial charge is 0.367 e. The quantitative estimate of drug-likeness (QED) is 0.920. The number of nitrogens with one attached hydrogen (secondary N) is 1. The molecule has 1 N–H and O–H groups in total. The first-order valence-electron chi connectivity index (χ1n) is 5.74. The monoisotopic (exact) mass is 284 g/mol. The van der Waals surface area contributed by atoms with E-state index in [0.29, 0.717) is 6.04 Å². The SMILES string of the molecule is CCN1CCCC1CNc1ncncc1Br. The smallest absolute Gasteiger partial charge is 0.143 e. The van der Waals surface area contributed by atoms with Crippen LogP contribution in [-0.4, -0.2) is 40.5 Å². The molecule has 2 heterocycles. The summed E-state index contributed by atoms with van der Waals surface area (Å²) in [5.41, 5.74) is 0. The highest BCUT2D eigenvalue weighted by molar-refractivity contribution is 9.10. The van der Waals surface area contributed by atoms with Gasteiger partial charge >= 0.3 is 0 Å². The molecule has 5 heteroatoms. The predicted octanol–water partition coefficient (Wildman–Crippen LogP) is 2.14. The molecule has 1 fully saturated rings. The zero-order chi connectivity index (χ0) is 11.4. The molecule has 1 aromatic rings. The van der Waals surface area contributed by atoms with Gasteiger partial charge in [-0.25, -0.2) is 9.97 Å². The van der Waals surface area contributed by atoms with E-state index in [9.17, 15) is 0 Å². The predicted molar refractivity (Wildman–Crippen MR) is 68.5 cm³/mol. The molecule has 88 valence electrons. The Labute approximate surface area is 105 Å². The molecule has 0 aliphatic carbocycles. The Kier molecular flexibility index (Phi) is 4.12. The van der Waals surface area contributed by atoms with Crippen LogP contribution in [-0.2, 0) is 0 Å². The normalized spacial score (nSPS) is 21.2. The standard InChI is InChI=1S/C11H17BrN4/c1-2-16-5-3-4-9(16)6-14-11-10(12)7-13-8-15-11/h7-9H,2-6H2,1H3,(H,13,14,15). The van der Waals surface area contributed by atoms with Gasteiger partial charge in [-0.1, -0.05) is 6.92 Å². The molecule has 16 heavy (non-hydrogen) atoms. The van der Waals surface area contributed by atoms with Crippen LogP contribution in [0.25, 0.3) is 0 Å². The van der Waals surface area contributed by atoms with Gasteiger partial charge in [0.2, 0.25) is 0 Å². The van der Waals surface area contributed by atoms with Crippen LogP contribution in [0.5, 0.6) is 0 Å². The van der Waals surface area contributed by atoms with Crippen molar-refractivity contribution in [2.24, 2.45) is 0 Å². The number of nitrogens with zero attached hydrogens (tertiary/aromatic N) is 3. The van der Waals surface area contributed by atoms with Crippen LogP contribution in [0.4, 0.5) is 5.82 Å². The third-order valence-corrected chi connectivity index (χ3v) is 3.66. The van der Waals surface area contributed by atoms with Crippen LogP contribution in [0.15, 0.2) is 17.0 Å². The summed E-state index contributed by atoms with van der Waals surface area (Å²) in [6.45, 7) is 5.55. The highest BCUT2D eigenvalue weighted by Gasteiger charge is 2.22. The zero-order valence-corrected chi connectivity index (χ0v) is 11.1. The molecule has 1 aromatic heterocycles. The van der Waals surface area contributed by atoms with Crippen molar-refractivity contribution in [2.45, 2.75) is 25.8 Å². The molecule has 4 nitrogen and oxygen atoms in total. The Bertz CT molecular complexity index is 345. The maximum atomic E-state index is 4.20. The summed E-state index contributed by atoms with van der Waals surface area (Å²) in [6, 6.07) is 0.645. The molecule has 1 saturated heterocycles. The number of halogens is 1. The molecule has 2 rings (SSSR count). The average molecular weight is 285 g/mol. The zero-order valence-electron chi connectivity index (χ0n) is 9.49. The van der Waals surface area contributed by atoms with Crippen molar-refractivity contribution in [3.63, 3.8) is 0 Å². The molecular formula is C11H17BrN4. The molecule has 1 atom stereocenters. The molecule has 1 aliphatic rings. The molecule has 0 bridgehead atoms. The Balaban J connectivity index is 1.90. The lowest BCUT2D eigenvalue weighted by Crippen LogP contribution is -2.34. The first kappa shape index (κ1) is 11.8. The van der Waals surface area contributed by atoms with Crippen molar-refractivity contribution >= 4 is 21.7 Å². The summed E-state index contributed by atoms with van der Waals surface area (Å²) in [6.07, 6.45) is 5.93. The fraction of sp³-hybridized carbons (Fsp3) is 0.636. The highest BCUT2D eigenvalue weighted by Crippen LogP contribution is 2.20. The van der Waals surface area contributed by atoms with Crippen LogP contribution in [0.2, 0.25) is 0 Å². The first-order chi connectivity index (χ1) is 7.81. The van der Waals surface area contributed by atoms with Gasteiger partial charge < -0.3 is 5.32 Å². The van der Waals surface area contributed by atoms with E-state index in [4.69, 9.17) is 0 Å². The Morgan fingerprint density at radius 3 is 3.25 bits per heavy atom. The van der Waals surface area contributed by atoms with E-state index < -0.39 is 0 Å². The van der Waals surface area contributed by atoms with Crippen LogP contribution in [0, 0.1) is 0 Å². The lowest BCUT2D eigenvalue weighted by molar-refractivity contribution is 0.277. The summed E-state index contributed by atoms with van der Waals surface area (Å²) in [4.78, 5) is 10.7. The molecule has 1 unspecified atom stereocenters. The van der Waals surface area contributed by atoms with Gasteiger partial charge in [-0.15, -0.1) is 0 Å². The summed E-state index contributed by atoms with van der Waals surface area (Å²) >= 11 is 3.44. The first-order valence-corrected chi connectivity index (χ1v) is 6.54. The van der Waals surface area contributed by atoms with Gasteiger partial charge in [-0.05, 0) is 41.9 Å². The maximum Gasteiger partial charge on any atom is 0.143 e. The van der Waals surface area contributed by atoms with E-state index in [2.05, 4.69) is 43.0 Å². The lowest BCUT2D eigenvalue weighted by atomic mass is 10.2. The Morgan fingerprint density at radius 1 is 1.62 bits per heavy atom. The van der Waals surface area contributed by atoms with E-state index in [0.717, 1.165) is 23.4 Å². The van der Waals surface area contributed by atoms with Gasteiger partial charge in [-0.2, -0.15) is 0 Å². The second-order valence-corrected chi connectivity index (χ2v) is 4.88. The van der Waals surface area contributed by atoms with Crippen LogP contribution in [0.1, 0.15) is 19.8 Å². The van der Waals surface area contributed by atoms with Crippen molar-refractivity contribution in [3.05, 3.63) is 17.0 Å². The summed E-state index contributed by atoms with van der Waals surface area (Å²) in [5.74, 6) is 0.887. The number of likely N-dealkylation sites (N-methyl/N-ethyl adjacent to an activating group) is 1. The van der Waals surface area contributed by atoms with E-state index in [1.54, 1.807) is 12.5 Å². The topological polar surface area (TPSA) is 41.0 Å². The summed E-state index contributed by atoms with van der Waals surface area (Å²) in [5, 5.41) is 3.38. The van der Waals surface area contributed by atoms with Crippen LogP contribution >= 0.6 is 15.9 Å². The summed E-state index contributed by atoms with van der Waals surface area (Å²) < 4.78 is 0.927. The Hall–Kier alpha value is -0.680. The molecule has 0 spiro atoms. The maximum absolute atomic E-state index is 4.20. The summed E-state index contributed by atoms with van der Waals surface area (Å²) in [7, 11) is 0. The lowest BCUT2D eigenvalue weighted by Gasteiger charge is -2.23. The third kappa shape index (κ3) is 2.71. The third-order valence-electron chi connectivity index (χ3n) is 3.08. The molecule has 0 amide bonds. The van der Waals surface area contributed by atoms with Gasteiger partial charge in [0.1, 0.15) is 12.1 Å².